The van der Waals surface area contributed by atoms with Crippen molar-refractivity contribution < 1.29 is 9.53 Å². The smallest absolute Gasteiger partial charge is 0.302 e. The number of hydrogen-bond donors (Lipinski definition) is 0. The van der Waals surface area contributed by atoms with Crippen LogP contribution in [-0.2, 0) is 9.53 Å². The maximum absolute atomic E-state index is 11.1. The van der Waals surface area contributed by atoms with Crippen LogP contribution in [0.5, 0.6) is 0 Å². The lowest BCUT2D eigenvalue weighted by atomic mass is 9.52. The van der Waals surface area contributed by atoms with Gasteiger partial charge in [-0.1, -0.05) is 72.5 Å². The number of fused-ring (bicyclic) bond motifs is 5. The summed E-state index contributed by atoms with van der Waals surface area (Å²) >= 11 is 0. The quantitative estimate of drug-likeness (QED) is 0.373. The average molecular weight is 441 g/mol. The second-order valence-electron chi connectivity index (χ2n) is 12.6. The third kappa shape index (κ3) is 4.25. The molecule has 2 unspecified atom stereocenters. The zero-order chi connectivity index (χ0) is 23.1. The summed E-state index contributed by atoms with van der Waals surface area (Å²) in [5.74, 6) is 4.16. The molecule has 32 heavy (non-hydrogen) atoms. The van der Waals surface area contributed by atoms with Crippen LogP contribution in [0.25, 0.3) is 0 Å². The molecule has 0 radical (unpaired) electrons. The number of esters is 1. The molecule has 0 aromatic carbocycles. The van der Waals surface area contributed by atoms with E-state index in [0.717, 1.165) is 23.7 Å². The van der Waals surface area contributed by atoms with Gasteiger partial charge in [0.2, 0.25) is 0 Å². The number of carbonyl (C=O) groups excluding carboxylic acids is 1. The van der Waals surface area contributed by atoms with Crippen LogP contribution in [0.2, 0.25) is 0 Å². The SMILES string of the molecule is CC(=O)OCC(C)[C@@H](C)CC[C@@H](C)[C@H]1CC[C@H]2C3=CCC4CCCC[C@]4(C)C3=CC[C@]12C. The van der Waals surface area contributed by atoms with Crippen molar-refractivity contribution in [2.45, 2.75) is 106 Å². The van der Waals surface area contributed by atoms with Crippen molar-refractivity contribution in [2.75, 3.05) is 6.61 Å². The van der Waals surface area contributed by atoms with Crippen LogP contribution in [0.4, 0.5) is 0 Å². The Hall–Kier alpha value is -1.05. The highest BCUT2D eigenvalue weighted by molar-refractivity contribution is 5.65. The van der Waals surface area contributed by atoms with E-state index < -0.39 is 0 Å². The molecule has 2 nitrogen and oxygen atoms in total. The van der Waals surface area contributed by atoms with Crippen LogP contribution in [0.1, 0.15) is 106 Å². The van der Waals surface area contributed by atoms with E-state index >= 15 is 0 Å². The summed E-state index contributed by atoms with van der Waals surface area (Å²) < 4.78 is 5.26. The van der Waals surface area contributed by atoms with Gasteiger partial charge in [-0.15, -0.1) is 0 Å². The maximum atomic E-state index is 11.1. The average Bonchev–Trinajstić information content (AvgIpc) is 3.12. The van der Waals surface area contributed by atoms with E-state index in [9.17, 15) is 4.79 Å². The highest BCUT2D eigenvalue weighted by Crippen LogP contribution is 2.65. The highest BCUT2D eigenvalue weighted by Gasteiger charge is 2.54. The normalized spacial score (nSPS) is 39.0. The fourth-order valence-corrected chi connectivity index (χ4v) is 8.28. The van der Waals surface area contributed by atoms with E-state index in [4.69, 9.17) is 4.74 Å². The Morgan fingerprint density at radius 3 is 2.59 bits per heavy atom. The molecule has 8 atom stereocenters. The summed E-state index contributed by atoms with van der Waals surface area (Å²) in [6.07, 6.45) is 19.1. The summed E-state index contributed by atoms with van der Waals surface area (Å²) in [5, 5.41) is 0. The third-order valence-electron chi connectivity index (χ3n) is 10.8. The van der Waals surface area contributed by atoms with Gasteiger partial charge >= 0.3 is 5.97 Å². The largest absolute Gasteiger partial charge is 0.466 e. The van der Waals surface area contributed by atoms with Crippen molar-refractivity contribution in [1.82, 2.24) is 0 Å². The van der Waals surface area contributed by atoms with Crippen molar-refractivity contribution in [3.05, 3.63) is 23.3 Å². The first-order valence-corrected chi connectivity index (χ1v) is 13.7. The van der Waals surface area contributed by atoms with E-state index in [-0.39, 0.29) is 5.97 Å². The lowest BCUT2D eigenvalue weighted by Crippen LogP contribution is -2.42. The minimum Gasteiger partial charge on any atom is -0.466 e. The highest BCUT2D eigenvalue weighted by atomic mass is 16.5. The second kappa shape index (κ2) is 9.30. The van der Waals surface area contributed by atoms with Gasteiger partial charge < -0.3 is 4.74 Å². The Balaban J connectivity index is 1.42. The van der Waals surface area contributed by atoms with Gasteiger partial charge in [0.05, 0.1) is 6.61 Å². The molecule has 0 aromatic rings. The molecule has 4 rings (SSSR count). The molecule has 0 bridgehead atoms. The molecule has 0 N–H and O–H groups in total. The van der Waals surface area contributed by atoms with E-state index in [1.165, 1.54) is 71.1 Å². The molecule has 180 valence electrons. The first-order chi connectivity index (χ1) is 15.2. The predicted molar refractivity (Wildman–Crippen MR) is 133 cm³/mol. The Kier molecular flexibility index (Phi) is 7.00. The Morgan fingerprint density at radius 1 is 1.06 bits per heavy atom. The Morgan fingerprint density at radius 2 is 1.84 bits per heavy atom. The van der Waals surface area contributed by atoms with Gasteiger partial charge in [-0.25, -0.2) is 0 Å². The summed E-state index contributed by atoms with van der Waals surface area (Å²) in [6, 6.07) is 0. The van der Waals surface area contributed by atoms with Crippen molar-refractivity contribution in [3.8, 4) is 0 Å². The van der Waals surface area contributed by atoms with Crippen LogP contribution < -0.4 is 0 Å². The third-order valence-corrected chi connectivity index (χ3v) is 10.8. The maximum Gasteiger partial charge on any atom is 0.302 e. The van der Waals surface area contributed by atoms with Gasteiger partial charge in [0.25, 0.3) is 0 Å². The molecule has 0 aliphatic heterocycles. The van der Waals surface area contributed by atoms with Gasteiger partial charge in [0.15, 0.2) is 0 Å². The fraction of sp³-hybridized carbons (Fsp3) is 0.833. The molecule has 2 heteroatoms. The molecule has 0 spiro atoms. The monoisotopic (exact) mass is 440 g/mol. The van der Waals surface area contributed by atoms with Crippen LogP contribution in [0, 0.1) is 46.3 Å². The Labute approximate surface area is 197 Å². The van der Waals surface area contributed by atoms with Crippen molar-refractivity contribution >= 4 is 5.97 Å². The molecule has 0 amide bonds. The van der Waals surface area contributed by atoms with Gasteiger partial charge in [-0.3, -0.25) is 4.79 Å². The number of hydrogen-bond acceptors (Lipinski definition) is 2. The number of allylic oxidation sites excluding steroid dienone is 4. The van der Waals surface area contributed by atoms with E-state index in [1.54, 1.807) is 11.1 Å². The summed E-state index contributed by atoms with van der Waals surface area (Å²) in [5.41, 5.74) is 4.45. The van der Waals surface area contributed by atoms with Crippen LogP contribution >= 0.6 is 0 Å². The topological polar surface area (TPSA) is 26.3 Å². The van der Waals surface area contributed by atoms with E-state index in [0.29, 0.717) is 29.3 Å². The van der Waals surface area contributed by atoms with Gasteiger partial charge in [0, 0.05) is 6.92 Å². The molecule has 0 aromatic heterocycles. The Bertz CT molecular complexity index is 763. The zero-order valence-electron chi connectivity index (χ0n) is 21.7. The zero-order valence-corrected chi connectivity index (χ0v) is 21.7. The minimum absolute atomic E-state index is 0.155. The molecule has 0 heterocycles. The van der Waals surface area contributed by atoms with Crippen LogP contribution in [0.15, 0.2) is 23.3 Å². The van der Waals surface area contributed by atoms with Gasteiger partial charge in [-0.2, -0.15) is 0 Å². The number of ether oxygens (including phenoxy) is 1. The lowest BCUT2D eigenvalue weighted by molar-refractivity contribution is -0.142. The molecule has 4 aliphatic carbocycles. The fourth-order valence-electron chi connectivity index (χ4n) is 8.28. The van der Waals surface area contributed by atoms with Crippen molar-refractivity contribution in [1.29, 1.82) is 0 Å². The molecule has 2 saturated carbocycles. The first kappa shape index (κ1) is 24.1. The summed E-state index contributed by atoms with van der Waals surface area (Å²) in [7, 11) is 0. The van der Waals surface area contributed by atoms with E-state index in [1.807, 2.05) is 0 Å². The molecule has 2 fully saturated rings. The summed E-state index contributed by atoms with van der Waals surface area (Å²) in [4.78, 5) is 11.1. The van der Waals surface area contributed by atoms with Gasteiger partial charge in [0.1, 0.15) is 0 Å². The minimum atomic E-state index is -0.155. The van der Waals surface area contributed by atoms with E-state index in [2.05, 4.69) is 46.8 Å². The second-order valence-corrected chi connectivity index (χ2v) is 12.6. The number of rotatable bonds is 7. The molecular formula is C30H48O2. The standard InChI is InChI=1S/C30H48O2/c1-20(22(3)19-32-23(4)31)10-11-21(2)26-14-15-27-25-13-12-24-9-7-8-17-29(24,5)28(25)16-18-30(26,27)6/h13,16,20-22,24,26-27H,7-12,14-15,17-19H2,1-6H3/t20-,21+,22?,24?,26+,27-,29-,30+/m0/s1. The summed E-state index contributed by atoms with van der Waals surface area (Å²) in [6.45, 7) is 14.4. The molecule has 0 saturated heterocycles. The van der Waals surface area contributed by atoms with Crippen molar-refractivity contribution in [2.24, 2.45) is 46.3 Å². The van der Waals surface area contributed by atoms with Crippen LogP contribution in [0.3, 0.4) is 0 Å². The number of carbonyl (C=O) groups is 1. The molecular weight excluding hydrogens is 392 g/mol. The molecule has 4 aliphatic rings. The first-order valence-electron chi connectivity index (χ1n) is 13.7. The lowest BCUT2D eigenvalue weighted by Gasteiger charge is -2.53. The predicted octanol–water partition coefficient (Wildman–Crippen LogP) is 8.13. The van der Waals surface area contributed by atoms with Crippen molar-refractivity contribution in [3.63, 3.8) is 0 Å². The van der Waals surface area contributed by atoms with Gasteiger partial charge in [-0.05, 0) is 96.0 Å². The van der Waals surface area contributed by atoms with Crippen LogP contribution in [-0.4, -0.2) is 12.6 Å².